The number of hydrogen-bond donors (Lipinski definition) is 1. The van der Waals surface area contributed by atoms with Gasteiger partial charge in [-0.3, -0.25) is 0 Å². The van der Waals surface area contributed by atoms with Crippen LogP contribution in [0.15, 0.2) is 18.2 Å². The first-order valence-electron chi connectivity index (χ1n) is 6.64. The Morgan fingerprint density at radius 1 is 1.39 bits per heavy atom. The van der Waals surface area contributed by atoms with Gasteiger partial charge in [0.15, 0.2) is 0 Å². The van der Waals surface area contributed by atoms with Gasteiger partial charge in [0.1, 0.15) is 5.82 Å². The fraction of sp³-hybridized carbons (Fsp3) is 0.600. The second kappa shape index (κ2) is 8.22. The standard InChI is InChI=1S/C15H24FNO/c1-4-9-17-15(11-18-3)8-6-13-10-14(16)7-5-12(13)2/h5,7,10,15,17H,4,6,8-9,11H2,1-3H3. The van der Waals surface area contributed by atoms with E-state index in [0.717, 1.165) is 36.9 Å². The number of ether oxygens (including phenoxy) is 1. The molecule has 0 aromatic heterocycles. The van der Waals surface area contributed by atoms with E-state index >= 15 is 0 Å². The van der Waals surface area contributed by atoms with Crippen molar-refractivity contribution in [3.8, 4) is 0 Å². The summed E-state index contributed by atoms with van der Waals surface area (Å²) < 4.78 is 18.4. The number of hydrogen-bond acceptors (Lipinski definition) is 2. The molecule has 0 fully saturated rings. The Kier molecular flexibility index (Phi) is 6.91. The highest BCUT2D eigenvalue weighted by molar-refractivity contribution is 5.26. The summed E-state index contributed by atoms with van der Waals surface area (Å²) in [6, 6.07) is 5.34. The van der Waals surface area contributed by atoms with Crippen molar-refractivity contribution in [1.29, 1.82) is 0 Å². The van der Waals surface area contributed by atoms with Crippen LogP contribution in [0.3, 0.4) is 0 Å². The van der Waals surface area contributed by atoms with Gasteiger partial charge in [-0.25, -0.2) is 4.39 Å². The zero-order valence-electron chi connectivity index (χ0n) is 11.6. The minimum Gasteiger partial charge on any atom is -0.383 e. The second-order valence-corrected chi connectivity index (χ2v) is 4.72. The van der Waals surface area contributed by atoms with E-state index in [1.54, 1.807) is 13.2 Å². The van der Waals surface area contributed by atoms with Crippen LogP contribution in [-0.2, 0) is 11.2 Å². The van der Waals surface area contributed by atoms with E-state index in [9.17, 15) is 4.39 Å². The number of halogens is 1. The van der Waals surface area contributed by atoms with Crippen LogP contribution in [0.25, 0.3) is 0 Å². The van der Waals surface area contributed by atoms with E-state index in [-0.39, 0.29) is 5.82 Å². The molecule has 1 unspecified atom stereocenters. The Labute approximate surface area is 110 Å². The number of aryl methyl sites for hydroxylation is 2. The molecular weight excluding hydrogens is 229 g/mol. The zero-order valence-corrected chi connectivity index (χ0v) is 11.6. The molecule has 0 saturated carbocycles. The molecule has 0 amide bonds. The third kappa shape index (κ3) is 5.15. The predicted octanol–water partition coefficient (Wildman–Crippen LogP) is 3.08. The van der Waals surface area contributed by atoms with Gasteiger partial charge in [-0.1, -0.05) is 13.0 Å². The smallest absolute Gasteiger partial charge is 0.123 e. The van der Waals surface area contributed by atoms with E-state index in [1.165, 1.54) is 6.07 Å². The van der Waals surface area contributed by atoms with Crippen molar-refractivity contribution in [3.63, 3.8) is 0 Å². The minimum absolute atomic E-state index is 0.152. The van der Waals surface area contributed by atoms with Gasteiger partial charge in [-0.2, -0.15) is 0 Å². The summed E-state index contributed by atoms with van der Waals surface area (Å²) in [7, 11) is 1.72. The van der Waals surface area contributed by atoms with Gasteiger partial charge in [-0.05, 0) is 56.0 Å². The molecule has 0 aliphatic carbocycles. The summed E-state index contributed by atoms with van der Waals surface area (Å²) in [5.41, 5.74) is 2.25. The van der Waals surface area contributed by atoms with Gasteiger partial charge >= 0.3 is 0 Å². The van der Waals surface area contributed by atoms with E-state index in [0.29, 0.717) is 12.6 Å². The van der Waals surface area contributed by atoms with Crippen molar-refractivity contribution < 1.29 is 9.13 Å². The maximum absolute atomic E-state index is 13.2. The van der Waals surface area contributed by atoms with Crippen LogP contribution < -0.4 is 5.32 Å². The molecule has 0 spiro atoms. The van der Waals surface area contributed by atoms with Crippen LogP contribution in [-0.4, -0.2) is 26.3 Å². The normalized spacial score (nSPS) is 12.7. The molecule has 0 heterocycles. The van der Waals surface area contributed by atoms with Gasteiger partial charge in [0.05, 0.1) is 6.61 Å². The Bertz CT molecular complexity index is 354. The molecule has 1 atom stereocenters. The monoisotopic (exact) mass is 253 g/mol. The van der Waals surface area contributed by atoms with E-state index in [4.69, 9.17) is 4.74 Å². The molecule has 1 N–H and O–H groups in total. The SMILES string of the molecule is CCCNC(CCc1cc(F)ccc1C)COC. The third-order valence-electron chi connectivity index (χ3n) is 3.12. The highest BCUT2D eigenvalue weighted by atomic mass is 19.1. The van der Waals surface area contributed by atoms with Gasteiger partial charge in [0, 0.05) is 13.2 Å². The molecule has 3 heteroatoms. The molecule has 0 saturated heterocycles. The Hall–Kier alpha value is -0.930. The Morgan fingerprint density at radius 3 is 2.83 bits per heavy atom. The lowest BCUT2D eigenvalue weighted by Crippen LogP contribution is -2.34. The topological polar surface area (TPSA) is 21.3 Å². The molecule has 2 nitrogen and oxygen atoms in total. The first-order valence-corrected chi connectivity index (χ1v) is 6.64. The summed E-state index contributed by atoms with van der Waals surface area (Å²) >= 11 is 0. The van der Waals surface area contributed by atoms with Crippen molar-refractivity contribution in [1.82, 2.24) is 5.32 Å². The zero-order chi connectivity index (χ0) is 13.4. The van der Waals surface area contributed by atoms with E-state index < -0.39 is 0 Å². The Balaban J connectivity index is 2.52. The lowest BCUT2D eigenvalue weighted by Gasteiger charge is -2.18. The van der Waals surface area contributed by atoms with Crippen LogP contribution in [0, 0.1) is 12.7 Å². The number of rotatable bonds is 8. The number of nitrogens with one attached hydrogen (secondary N) is 1. The maximum atomic E-state index is 13.2. The average Bonchev–Trinajstić information content (AvgIpc) is 2.36. The highest BCUT2D eigenvalue weighted by Crippen LogP contribution is 2.13. The fourth-order valence-electron chi connectivity index (χ4n) is 2.03. The molecule has 1 aromatic carbocycles. The minimum atomic E-state index is -0.152. The van der Waals surface area contributed by atoms with Gasteiger partial charge in [-0.15, -0.1) is 0 Å². The van der Waals surface area contributed by atoms with E-state index in [2.05, 4.69) is 12.2 Å². The quantitative estimate of drug-likeness (QED) is 0.768. The van der Waals surface area contributed by atoms with E-state index in [1.807, 2.05) is 13.0 Å². The first kappa shape index (κ1) is 15.1. The highest BCUT2D eigenvalue weighted by Gasteiger charge is 2.09. The van der Waals surface area contributed by atoms with Gasteiger partial charge in [0.25, 0.3) is 0 Å². The average molecular weight is 253 g/mol. The van der Waals surface area contributed by atoms with Crippen LogP contribution in [0.5, 0.6) is 0 Å². The molecule has 102 valence electrons. The third-order valence-corrected chi connectivity index (χ3v) is 3.12. The molecule has 1 rings (SSSR count). The summed E-state index contributed by atoms with van der Waals surface area (Å²) in [6.07, 6.45) is 2.96. The largest absolute Gasteiger partial charge is 0.383 e. The first-order chi connectivity index (χ1) is 8.67. The van der Waals surface area contributed by atoms with Crippen molar-refractivity contribution in [3.05, 3.63) is 35.1 Å². The molecular formula is C15H24FNO. The lowest BCUT2D eigenvalue weighted by atomic mass is 10.0. The predicted molar refractivity (Wildman–Crippen MR) is 73.4 cm³/mol. The molecule has 1 aromatic rings. The lowest BCUT2D eigenvalue weighted by molar-refractivity contribution is 0.162. The van der Waals surface area contributed by atoms with Crippen molar-refractivity contribution in [2.24, 2.45) is 0 Å². The summed E-state index contributed by atoms with van der Waals surface area (Å²) in [5.74, 6) is -0.152. The molecule has 0 aliphatic heterocycles. The fourth-order valence-corrected chi connectivity index (χ4v) is 2.03. The van der Waals surface area contributed by atoms with Crippen LogP contribution in [0.2, 0.25) is 0 Å². The molecule has 18 heavy (non-hydrogen) atoms. The molecule has 0 bridgehead atoms. The summed E-state index contributed by atoms with van der Waals surface area (Å²) in [4.78, 5) is 0. The van der Waals surface area contributed by atoms with Gasteiger partial charge < -0.3 is 10.1 Å². The van der Waals surface area contributed by atoms with Crippen molar-refractivity contribution >= 4 is 0 Å². The van der Waals surface area contributed by atoms with Crippen molar-refractivity contribution in [2.45, 2.75) is 39.2 Å². The van der Waals surface area contributed by atoms with Crippen LogP contribution >= 0.6 is 0 Å². The van der Waals surface area contributed by atoms with Gasteiger partial charge in [0.2, 0.25) is 0 Å². The van der Waals surface area contributed by atoms with Crippen LogP contribution in [0.4, 0.5) is 4.39 Å². The second-order valence-electron chi connectivity index (χ2n) is 4.72. The Morgan fingerprint density at radius 2 is 2.17 bits per heavy atom. The molecule has 0 radical (unpaired) electrons. The summed E-state index contributed by atoms with van der Waals surface area (Å²) in [5, 5.41) is 3.46. The number of benzene rings is 1. The molecule has 0 aliphatic rings. The summed E-state index contributed by atoms with van der Waals surface area (Å²) in [6.45, 7) is 5.87. The van der Waals surface area contributed by atoms with Crippen LogP contribution in [0.1, 0.15) is 30.9 Å². The van der Waals surface area contributed by atoms with Crippen molar-refractivity contribution in [2.75, 3.05) is 20.3 Å². The maximum Gasteiger partial charge on any atom is 0.123 e. The number of methoxy groups -OCH3 is 1.